The Morgan fingerprint density at radius 1 is 1.00 bits per heavy atom. The van der Waals surface area contributed by atoms with Gasteiger partial charge in [-0.1, -0.05) is 81.1 Å². The Labute approximate surface area is 134 Å². The summed E-state index contributed by atoms with van der Waals surface area (Å²) in [6.45, 7) is 5.26. The monoisotopic (exact) mass is 347 g/mol. The highest BCUT2D eigenvalue weighted by Crippen LogP contribution is 2.10. The fourth-order valence-corrected chi connectivity index (χ4v) is 3.04. The van der Waals surface area contributed by atoms with E-state index in [2.05, 4.69) is 35.1 Å². The van der Waals surface area contributed by atoms with E-state index in [0.717, 1.165) is 24.7 Å². The number of halogens is 1. The van der Waals surface area contributed by atoms with Crippen LogP contribution in [0.15, 0.2) is 0 Å². The average Bonchev–Trinajstić information content (AvgIpc) is 2.43. The Morgan fingerprint density at radius 2 is 1.55 bits per heavy atom. The Balaban J connectivity index is 3.23. The molecule has 0 aromatic carbocycles. The van der Waals surface area contributed by atoms with Crippen LogP contribution in [0.25, 0.3) is 0 Å². The van der Waals surface area contributed by atoms with Crippen molar-refractivity contribution in [2.24, 2.45) is 5.92 Å². The molecular weight excluding hydrogens is 314 g/mol. The lowest BCUT2D eigenvalue weighted by Crippen LogP contribution is -2.28. The number of carbonyl (C=O) groups excluding carboxylic acids is 1. The van der Waals surface area contributed by atoms with Crippen molar-refractivity contribution >= 4 is 21.8 Å². The lowest BCUT2D eigenvalue weighted by atomic mass is 10.1. The number of hydrogen-bond acceptors (Lipinski definition) is 1. The Hall–Kier alpha value is -0.0500. The van der Waals surface area contributed by atoms with Crippen LogP contribution in [0, 0.1) is 5.92 Å². The summed E-state index contributed by atoms with van der Waals surface area (Å²) in [4.78, 5) is 11.6. The van der Waals surface area contributed by atoms with Crippen molar-refractivity contribution in [2.75, 3.05) is 11.9 Å². The van der Waals surface area contributed by atoms with Crippen LogP contribution >= 0.6 is 15.9 Å². The largest absolute Gasteiger partial charge is 0.356 e. The third kappa shape index (κ3) is 14.4. The first-order valence-electron chi connectivity index (χ1n) is 8.53. The molecule has 20 heavy (non-hydrogen) atoms. The minimum absolute atomic E-state index is 0.231. The van der Waals surface area contributed by atoms with Gasteiger partial charge in [0.1, 0.15) is 0 Å². The fraction of sp³-hybridized carbons (Fsp3) is 0.941. The molecule has 0 aliphatic carbocycles. The zero-order valence-electron chi connectivity index (χ0n) is 13.6. The molecule has 0 aromatic rings. The molecule has 0 rings (SSSR count). The second kappa shape index (κ2) is 15.3. The highest BCUT2D eigenvalue weighted by Gasteiger charge is 2.04. The molecule has 0 bridgehead atoms. The van der Waals surface area contributed by atoms with E-state index in [4.69, 9.17) is 0 Å². The highest BCUT2D eigenvalue weighted by atomic mass is 79.9. The quantitative estimate of drug-likeness (QED) is 0.328. The molecule has 1 atom stereocenters. The van der Waals surface area contributed by atoms with E-state index in [1.165, 1.54) is 51.4 Å². The maximum atomic E-state index is 11.6. The van der Waals surface area contributed by atoms with Gasteiger partial charge in [0.2, 0.25) is 5.91 Å². The summed E-state index contributed by atoms with van der Waals surface area (Å²) in [6, 6.07) is 0. The zero-order chi connectivity index (χ0) is 15.1. The van der Waals surface area contributed by atoms with Crippen molar-refractivity contribution in [3.63, 3.8) is 0 Å². The van der Waals surface area contributed by atoms with Crippen LogP contribution in [0.4, 0.5) is 0 Å². The van der Waals surface area contributed by atoms with Crippen LogP contribution in [-0.4, -0.2) is 17.8 Å². The predicted octanol–water partition coefficient (Wildman–Crippen LogP) is 5.44. The van der Waals surface area contributed by atoms with Crippen molar-refractivity contribution in [2.45, 2.75) is 84.5 Å². The lowest BCUT2D eigenvalue weighted by Gasteiger charge is -2.10. The number of hydrogen-bond donors (Lipinski definition) is 1. The number of nitrogens with one attached hydrogen (secondary N) is 1. The first kappa shape index (κ1) is 19.9. The molecule has 2 nitrogen and oxygen atoms in total. The third-order valence-electron chi connectivity index (χ3n) is 3.76. The summed E-state index contributed by atoms with van der Waals surface area (Å²) in [6.07, 6.45) is 13.6. The Bertz CT molecular complexity index is 221. The Kier molecular flexibility index (Phi) is 15.3. The van der Waals surface area contributed by atoms with Gasteiger partial charge < -0.3 is 5.32 Å². The standard InChI is InChI=1S/C17H34BrNO/c1-3-4-5-6-7-8-9-10-11-12-17(20)19-15-16(2)13-14-18/h16H,3-15H2,1-2H3,(H,19,20). The van der Waals surface area contributed by atoms with Crippen molar-refractivity contribution < 1.29 is 4.79 Å². The number of alkyl halides is 1. The van der Waals surface area contributed by atoms with E-state index < -0.39 is 0 Å². The molecule has 1 N–H and O–H groups in total. The molecule has 0 aliphatic rings. The second-order valence-corrected chi connectivity index (χ2v) is 6.76. The molecule has 0 radical (unpaired) electrons. The van der Waals surface area contributed by atoms with Gasteiger partial charge in [-0.15, -0.1) is 0 Å². The van der Waals surface area contributed by atoms with E-state index in [1.54, 1.807) is 0 Å². The van der Waals surface area contributed by atoms with E-state index in [-0.39, 0.29) is 5.91 Å². The smallest absolute Gasteiger partial charge is 0.220 e. The predicted molar refractivity (Wildman–Crippen MR) is 92.4 cm³/mol. The van der Waals surface area contributed by atoms with E-state index in [1.807, 2.05) is 0 Å². The van der Waals surface area contributed by atoms with E-state index in [0.29, 0.717) is 12.3 Å². The van der Waals surface area contributed by atoms with Gasteiger partial charge in [0.05, 0.1) is 0 Å². The summed E-state index contributed by atoms with van der Waals surface area (Å²) >= 11 is 3.43. The van der Waals surface area contributed by atoms with Crippen LogP contribution in [0.3, 0.4) is 0 Å². The van der Waals surface area contributed by atoms with Gasteiger partial charge in [0, 0.05) is 18.3 Å². The average molecular weight is 348 g/mol. The minimum atomic E-state index is 0.231. The molecule has 0 aliphatic heterocycles. The summed E-state index contributed by atoms with van der Waals surface area (Å²) in [7, 11) is 0. The minimum Gasteiger partial charge on any atom is -0.356 e. The van der Waals surface area contributed by atoms with Gasteiger partial charge in [-0.2, -0.15) is 0 Å². The van der Waals surface area contributed by atoms with Gasteiger partial charge in [0.15, 0.2) is 0 Å². The van der Waals surface area contributed by atoms with E-state index in [9.17, 15) is 4.79 Å². The topological polar surface area (TPSA) is 29.1 Å². The van der Waals surface area contributed by atoms with Gasteiger partial charge in [-0.3, -0.25) is 4.79 Å². The number of carbonyl (C=O) groups is 1. The SMILES string of the molecule is CCCCCCCCCCCC(=O)NCC(C)CCBr. The molecule has 0 fully saturated rings. The first-order valence-corrected chi connectivity index (χ1v) is 9.65. The fourth-order valence-electron chi connectivity index (χ4n) is 2.26. The van der Waals surface area contributed by atoms with Gasteiger partial charge in [-0.25, -0.2) is 0 Å². The van der Waals surface area contributed by atoms with Gasteiger partial charge in [-0.05, 0) is 18.8 Å². The maximum Gasteiger partial charge on any atom is 0.220 e. The molecule has 0 saturated heterocycles. The van der Waals surface area contributed by atoms with Crippen molar-refractivity contribution in [1.29, 1.82) is 0 Å². The molecule has 1 amide bonds. The molecule has 120 valence electrons. The van der Waals surface area contributed by atoms with E-state index >= 15 is 0 Å². The second-order valence-electron chi connectivity index (χ2n) is 5.97. The molecule has 0 heterocycles. The van der Waals surface area contributed by atoms with Gasteiger partial charge >= 0.3 is 0 Å². The van der Waals surface area contributed by atoms with Gasteiger partial charge in [0.25, 0.3) is 0 Å². The lowest BCUT2D eigenvalue weighted by molar-refractivity contribution is -0.121. The van der Waals surface area contributed by atoms with Crippen LogP contribution < -0.4 is 5.32 Å². The van der Waals surface area contributed by atoms with Crippen molar-refractivity contribution in [1.82, 2.24) is 5.32 Å². The maximum absolute atomic E-state index is 11.6. The summed E-state index contributed by atoms with van der Waals surface area (Å²) in [5.74, 6) is 0.802. The third-order valence-corrected chi connectivity index (χ3v) is 4.21. The number of amides is 1. The molecule has 0 saturated carbocycles. The molecule has 0 spiro atoms. The highest BCUT2D eigenvalue weighted by molar-refractivity contribution is 9.09. The first-order chi connectivity index (χ1) is 9.70. The Morgan fingerprint density at radius 3 is 2.10 bits per heavy atom. The number of rotatable bonds is 14. The molecule has 3 heteroatoms. The summed E-state index contributed by atoms with van der Waals surface area (Å²) in [5.41, 5.74) is 0. The molecular formula is C17H34BrNO. The van der Waals surface area contributed by atoms with Crippen LogP contribution in [0.2, 0.25) is 0 Å². The van der Waals surface area contributed by atoms with Crippen LogP contribution in [0.1, 0.15) is 84.5 Å². The van der Waals surface area contributed by atoms with Crippen molar-refractivity contribution in [3.05, 3.63) is 0 Å². The molecule has 1 unspecified atom stereocenters. The number of unbranched alkanes of at least 4 members (excludes halogenated alkanes) is 8. The normalized spacial score (nSPS) is 12.3. The van der Waals surface area contributed by atoms with Crippen LogP contribution in [-0.2, 0) is 4.79 Å². The summed E-state index contributed by atoms with van der Waals surface area (Å²) in [5, 5.41) is 4.05. The van der Waals surface area contributed by atoms with Crippen molar-refractivity contribution in [3.8, 4) is 0 Å². The molecule has 0 aromatic heterocycles. The zero-order valence-corrected chi connectivity index (χ0v) is 15.1. The van der Waals surface area contributed by atoms with Crippen LogP contribution in [0.5, 0.6) is 0 Å². The summed E-state index contributed by atoms with van der Waals surface area (Å²) < 4.78 is 0.